The van der Waals surface area contributed by atoms with Crippen LogP contribution in [0, 0.1) is 0 Å². The minimum atomic E-state index is -0.0407. The van der Waals surface area contributed by atoms with Crippen LogP contribution in [0.4, 0.5) is 5.69 Å². The lowest BCUT2D eigenvalue weighted by Crippen LogP contribution is -2.14. The maximum absolute atomic E-state index is 12.2. The Labute approximate surface area is 141 Å². The minimum absolute atomic E-state index is 0.0407. The molecule has 1 N–H and O–H groups in total. The average molecular weight is 320 g/mol. The van der Waals surface area contributed by atoms with E-state index in [-0.39, 0.29) is 5.91 Å². The van der Waals surface area contributed by atoms with Gasteiger partial charge in [-0.1, -0.05) is 55.5 Å². The van der Waals surface area contributed by atoms with E-state index in [0.29, 0.717) is 12.3 Å². The molecule has 2 aromatic carbocycles. The lowest BCUT2D eigenvalue weighted by atomic mass is 10.1. The van der Waals surface area contributed by atoms with E-state index >= 15 is 0 Å². The van der Waals surface area contributed by atoms with Gasteiger partial charge in [0.15, 0.2) is 0 Å². The molecule has 0 aliphatic heterocycles. The topological polar surface area (TPSA) is 59.8 Å². The summed E-state index contributed by atoms with van der Waals surface area (Å²) in [6.07, 6.45) is 2.12. The van der Waals surface area contributed by atoms with Gasteiger partial charge in [0.1, 0.15) is 0 Å². The number of carbonyl (C=O) groups excluding carboxylic acids is 1. The molecule has 0 bridgehead atoms. The predicted molar refractivity (Wildman–Crippen MR) is 94.2 cm³/mol. The molecule has 1 heterocycles. The van der Waals surface area contributed by atoms with Crippen LogP contribution in [-0.4, -0.2) is 20.9 Å². The molecular weight excluding hydrogens is 300 g/mol. The highest BCUT2D eigenvalue weighted by molar-refractivity contribution is 5.92. The first-order valence-electron chi connectivity index (χ1n) is 7.98. The molecule has 1 aromatic heterocycles. The number of amides is 1. The molecule has 3 aromatic rings. The molecule has 5 heteroatoms. The number of nitrogens with one attached hydrogen (secondary N) is 1. The fourth-order valence-electron chi connectivity index (χ4n) is 2.54. The molecule has 122 valence electrons. The van der Waals surface area contributed by atoms with Crippen molar-refractivity contribution in [3.63, 3.8) is 0 Å². The molecule has 0 spiro atoms. The van der Waals surface area contributed by atoms with Gasteiger partial charge in [0.2, 0.25) is 5.91 Å². The highest BCUT2D eigenvalue weighted by Gasteiger charge is 2.11. The van der Waals surface area contributed by atoms with Crippen LogP contribution in [0.5, 0.6) is 0 Å². The molecule has 0 atom stereocenters. The largest absolute Gasteiger partial charge is 0.326 e. The number of hydrogen-bond donors (Lipinski definition) is 1. The normalized spacial score (nSPS) is 10.8. The van der Waals surface area contributed by atoms with Crippen molar-refractivity contribution in [2.45, 2.75) is 26.2 Å². The van der Waals surface area contributed by atoms with Crippen LogP contribution in [0.15, 0.2) is 60.8 Å². The number of rotatable bonds is 5. The molecule has 0 aliphatic carbocycles. The second-order valence-electron chi connectivity index (χ2n) is 5.99. The van der Waals surface area contributed by atoms with Gasteiger partial charge in [0, 0.05) is 5.69 Å². The highest BCUT2D eigenvalue weighted by atomic mass is 16.1. The summed E-state index contributed by atoms with van der Waals surface area (Å²) in [4.78, 5) is 12.2. The summed E-state index contributed by atoms with van der Waals surface area (Å²) in [6.45, 7) is 4.20. The van der Waals surface area contributed by atoms with E-state index in [1.807, 2.05) is 54.6 Å². The van der Waals surface area contributed by atoms with E-state index in [1.165, 1.54) is 0 Å². The second-order valence-corrected chi connectivity index (χ2v) is 5.99. The summed E-state index contributed by atoms with van der Waals surface area (Å²) < 4.78 is 1.80. The first kappa shape index (κ1) is 15.9. The zero-order chi connectivity index (χ0) is 16.9. The molecule has 5 nitrogen and oxygen atoms in total. The number of anilines is 1. The van der Waals surface area contributed by atoms with E-state index in [9.17, 15) is 4.79 Å². The van der Waals surface area contributed by atoms with Crippen LogP contribution in [0.2, 0.25) is 0 Å². The Morgan fingerprint density at radius 2 is 1.92 bits per heavy atom. The maximum Gasteiger partial charge on any atom is 0.228 e. The number of hydrogen-bond acceptors (Lipinski definition) is 3. The van der Waals surface area contributed by atoms with Crippen molar-refractivity contribution in [3.8, 4) is 5.69 Å². The van der Waals surface area contributed by atoms with Gasteiger partial charge in [-0.25, -0.2) is 4.68 Å². The third kappa shape index (κ3) is 3.68. The number of carbonyl (C=O) groups is 1. The Hall–Kier alpha value is -2.95. The molecular formula is C19H20N4O. The standard InChI is InChI=1S/C19H20N4O/c1-14(2)18-13-20-22-23(18)17-10-6-9-16(12-17)21-19(24)11-15-7-4-3-5-8-15/h3-10,12-14H,11H2,1-2H3,(H,21,24). The van der Waals surface area contributed by atoms with E-state index in [4.69, 9.17) is 0 Å². The van der Waals surface area contributed by atoms with Crippen molar-refractivity contribution < 1.29 is 4.79 Å². The summed E-state index contributed by atoms with van der Waals surface area (Å²) >= 11 is 0. The summed E-state index contributed by atoms with van der Waals surface area (Å²) in [5.41, 5.74) is 3.65. The third-order valence-electron chi connectivity index (χ3n) is 3.75. The SMILES string of the molecule is CC(C)c1cnnn1-c1cccc(NC(=O)Cc2ccccc2)c1. The van der Waals surface area contributed by atoms with E-state index < -0.39 is 0 Å². The molecule has 0 aliphatic rings. The Morgan fingerprint density at radius 1 is 1.12 bits per heavy atom. The van der Waals surface area contributed by atoms with Crippen molar-refractivity contribution in [1.82, 2.24) is 15.0 Å². The van der Waals surface area contributed by atoms with Gasteiger partial charge in [0.05, 0.1) is 24.0 Å². The van der Waals surface area contributed by atoms with Crippen LogP contribution in [0.25, 0.3) is 5.69 Å². The Kier molecular flexibility index (Phi) is 4.70. The summed E-state index contributed by atoms with van der Waals surface area (Å²) in [7, 11) is 0. The van der Waals surface area contributed by atoms with Gasteiger partial charge in [-0.05, 0) is 29.7 Å². The van der Waals surface area contributed by atoms with Gasteiger partial charge in [0.25, 0.3) is 0 Å². The maximum atomic E-state index is 12.2. The number of benzene rings is 2. The summed E-state index contributed by atoms with van der Waals surface area (Å²) in [6, 6.07) is 17.3. The van der Waals surface area contributed by atoms with Gasteiger partial charge in [-0.15, -0.1) is 5.10 Å². The third-order valence-corrected chi connectivity index (χ3v) is 3.75. The molecule has 0 unspecified atom stereocenters. The first-order valence-corrected chi connectivity index (χ1v) is 7.98. The van der Waals surface area contributed by atoms with Crippen LogP contribution < -0.4 is 5.32 Å². The van der Waals surface area contributed by atoms with E-state index in [2.05, 4.69) is 29.5 Å². The molecule has 24 heavy (non-hydrogen) atoms. The first-order chi connectivity index (χ1) is 11.6. The van der Waals surface area contributed by atoms with Crippen molar-refractivity contribution in [3.05, 3.63) is 72.1 Å². The van der Waals surface area contributed by atoms with Crippen molar-refractivity contribution in [1.29, 1.82) is 0 Å². The van der Waals surface area contributed by atoms with Crippen LogP contribution >= 0.6 is 0 Å². The fraction of sp³-hybridized carbons (Fsp3) is 0.211. The quantitative estimate of drug-likeness (QED) is 0.782. The summed E-state index contributed by atoms with van der Waals surface area (Å²) in [5.74, 6) is 0.275. The Bertz CT molecular complexity index is 824. The fourth-order valence-corrected chi connectivity index (χ4v) is 2.54. The smallest absolute Gasteiger partial charge is 0.228 e. The molecule has 3 rings (SSSR count). The van der Waals surface area contributed by atoms with Crippen molar-refractivity contribution in [2.24, 2.45) is 0 Å². The van der Waals surface area contributed by atoms with Gasteiger partial charge >= 0.3 is 0 Å². The van der Waals surface area contributed by atoms with Crippen LogP contribution in [-0.2, 0) is 11.2 Å². The van der Waals surface area contributed by atoms with E-state index in [0.717, 1.165) is 22.6 Å². The molecule has 0 saturated carbocycles. The zero-order valence-corrected chi connectivity index (χ0v) is 13.8. The lowest BCUT2D eigenvalue weighted by Gasteiger charge is -2.11. The van der Waals surface area contributed by atoms with Gasteiger partial charge in [-0.3, -0.25) is 4.79 Å². The Morgan fingerprint density at radius 3 is 2.67 bits per heavy atom. The van der Waals surface area contributed by atoms with Crippen molar-refractivity contribution in [2.75, 3.05) is 5.32 Å². The van der Waals surface area contributed by atoms with E-state index in [1.54, 1.807) is 10.9 Å². The van der Waals surface area contributed by atoms with Gasteiger partial charge < -0.3 is 5.32 Å². The Balaban J connectivity index is 1.76. The lowest BCUT2D eigenvalue weighted by molar-refractivity contribution is -0.115. The molecule has 0 saturated heterocycles. The zero-order valence-electron chi connectivity index (χ0n) is 13.8. The minimum Gasteiger partial charge on any atom is -0.326 e. The number of aromatic nitrogens is 3. The number of nitrogens with zero attached hydrogens (tertiary/aromatic N) is 3. The van der Waals surface area contributed by atoms with Gasteiger partial charge in [-0.2, -0.15) is 0 Å². The molecule has 1 amide bonds. The highest BCUT2D eigenvalue weighted by Crippen LogP contribution is 2.20. The predicted octanol–water partition coefficient (Wildman–Crippen LogP) is 3.57. The second kappa shape index (κ2) is 7.08. The molecule has 0 radical (unpaired) electrons. The molecule has 0 fully saturated rings. The van der Waals surface area contributed by atoms with Crippen molar-refractivity contribution >= 4 is 11.6 Å². The monoisotopic (exact) mass is 320 g/mol. The van der Waals surface area contributed by atoms with Crippen LogP contribution in [0.3, 0.4) is 0 Å². The average Bonchev–Trinajstić information content (AvgIpc) is 3.06. The summed E-state index contributed by atoms with van der Waals surface area (Å²) in [5, 5.41) is 11.1. The van der Waals surface area contributed by atoms with Crippen LogP contribution in [0.1, 0.15) is 31.0 Å².